The van der Waals surface area contributed by atoms with Crippen molar-refractivity contribution in [3.8, 4) is 5.75 Å². The molecule has 1 amide bonds. The van der Waals surface area contributed by atoms with Crippen molar-refractivity contribution >= 4 is 12.0 Å². The van der Waals surface area contributed by atoms with Gasteiger partial charge < -0.3 is 9.64 Å². The monoisotopic (exact) mass is 349 g/mol. The Balaban J connectivity index is 1.99. The highest BCUT2D eigenvalue weighted by Gasteiger charge is 2.10. The number of amides is 1. The SMILES string of the molecule is Cc1nn(C)c(C)c1/C=C/C(=O)N(C)Cc1ccc(OC(F)F)cc1. The molecule has 0 radical (unpaired) electrons. The Labute approximate surface area is 145 Å². The second-order valence-corrected chi connectivity index (χ2v) is 5.76. The number of hydrogen-bond donors (Lipinski definition) is 0. The number of ether oxygens (including phenoxy) is 1. The lowest BCUT2D eigenvalue weighted by atomic mass is 10.1. The Bertz CT molecular complexity index is 767. The van der Waals surface area contributed by atoms with Gasteiger partial charge in [0.2, 0.25) is 5.91 Å². The number of aryl methyl sites for hydroxylation is 2. The molecule has 5 nitrogen and oxygen atoms in total. The topological polar surface area (TPSA) is 47.4 Å². The summed E-state index contributed by atoms with van der Waals surface area (Å²) < 4.78 is 30.3. The van der Waals surface area contributed by atoms with Gasteiger partial charge in [0, 0.05) is 38.0 Å². The number of hydrogen-bond acceptors (Lipinski definition) is 3. The first kappa shape index (κ1) is 18.6. The largest absolute Gasteiger partial charge is 0.435 e. The Kier molecular flexibility index (Phi) is 5.90. The van der Waals surface area contributed by atoms with Crippen molar-refractivity contribution < 1.29 is 18.3 Å². The number of carbonyl (C=O) groups excluding carboxylic acids is 1. The van der Waals surface area contributed by atoms with E-state index in [9.17, 15) is 13.6 Å². The van der Waals surface area contributed by atoms with Gasteiger partial charge in [0.15, 0.2) is 0 Å². The lowest BCUT2D eigenvalue weighted by molar-refractivity contribution is -0.125. The molecule has 25 heavy (non-hydrogen) atoms. The molecule has 0 spiro atoms. The van der Waals surface area contributed by atoms with E-state index in [2.05, 4.69) is 9.84 Å². The standard InChI is InChI=1S/C18H21F2N3O2/c1-12-16(13(2)23(4)21-12)9-10-17(24)22(3)11-14-5-7-15(8-6-14)25-18(19)20/h5-10,18H,11H2,1-4H3/b10-9+. The van der Waals surface area contributed by atoms with E-state index in [1.807, 2.05) is 20.9 Å². The van der Waals surface area contributed by atoms with Crippen LogP contribution in [-0.4, -0.2) is 34.2 Å². The number of halogens is 2. The molecule has 1 aromatic heterocycles. The van der Waals surface area contributed by atoms with Crippen LogP contribution in [0.25, 0.3) is 6.08 Å². The average Bonchev–Trinajstić information content (AvgIpc) is 2.79. The summed E-state index contributed by atoms with van der Waals surface area (Å²) in [4.78, 5) is 13.8. The maximum Gasteiger partial charge on any atom is 0.387 e. The van der Waals surface area contributed by atoms with E-state index in [1.165, 1.54) is 18.2 Å². The Morgan fingerprint density at radius 2 is 1.96 bits per heavy atom. The van der Waals surface area contributed by atoms with Crippen LogP contribution in [0.1, 0.15) is 22.5 Å². The maximum absolute atomic E-state index is 12.3. The Morgan fingerprint density at radius 1 is 1.32 bits per heavy atom. The van der Waals surface area contributed by atoms with Crippen molar-refractivity contribution in [1.82, 2.24) is 14.7 Å². The molecule has 1 aromatic carbocycles. The second kappa shape index (κ2) is 7.92. The van der Waals surface area contributed by atoms with Gasteiger partial charge in [-0.2, -0.15) is 13.9 Å². The molecule has 0 unspecified atom stereocenters. The highest BCUT2D eigenvalue weighted by atomic mass is 19.3. The fourth-order valence-electron chi connectivity index (χ4n) is 2.44. The zero-order valence-corrected chi connectivity index (χ0v) is 14.7. The van der Waals surface area contributed by atoms with Crippen molar-refractivity contribution in [2.45, 2.75) is 27.0 Å². The minimum Gasteiger partial charge on any atom is -0.435 e. The van der Waals surface area contributed by atoms with E-state index < -0.39 is 6.61 Å². The Hall–Kier alpha value is -2.70. The number of nitrogens with zero attached hydrogens (tertiary/aromatic N) is 3. The molecular formula is C18H21F2N3O2. The van der Waals surface area contributed by atoms with Gasteiger partial charge in [-0.05, 0) is 37.6 Å². The van der Waals surface area contributed by atoms with Crippen LogP contribution < -0.4 is 4.74 Å². The predicted molar refractivity (Wildman–Crippen MR) is 91.3 cm³/mol. The molecule has 1 heterocycles. The van der Waals surface area contributed by atoms with Crippen molar-refractivity contribution in [3.63, 3.8) is 0 Å². The first-order chi connectivity index (χ1) is 11.8. The number of carbonyl (C=O) groups is 1. The van der Waals surface area contributed by atoms with Crippen molar-refractivity contribution in [3.05, 3.63) is 52.9 Å². The molecule has 7 heteroatoms. The van der Waals surface area contributed by atoms with Gasteiger partial charge in [-0.1, -0.05) is 12.1 Å². The lowest BCUT2D eigenvalue weighted by Gasteiger charge is -2.15. The zero-order valence-electron chi connectivity index (χ0n) is 14.7. The van der Waals surface area contributed by atoms with Crippen LogP contribution in [0.4, 0.5) is 8.78 Å². The van der Waals surface area contributed by atoms with E-state index in [4.69, 9.17) is 0 Å². The molecular weight excluding hydrogens is 328 g/mol. The molecule has 2 rings (SSSR count). The third kappa shape index (κ3) is 4.89. The number of alkyl halides is 2. The summed E-state index contributed by atoms with van der Waals surface area (Å²) in [5.41, 5.74) is 3.59. The highest BCUT2D eigenvalue weighted by molar-refractivity contribution is 5.91. The van der Waals surface area contributed by atoms with Crippen LogP contribution in [0.3, 0.4) is 0 Å². The molecule has 0 aliphatic heterocycles. The van der Waals surface area contributed by atoms with Crippen molar-refractivity contribution in [2.24, 2.45) is 7.05 Å². The normalized spacial score (nSPS) is 11.3. The summed E-state index contributed by atoms with van der Waals surface area (Å²) in [7, 11) is 3.54. The van der Waals surface area contributed by atoms with Crippen LogP contribution in [0.2, 0.25) is 0 Å². The van der Waals surface area contributed by atoms with E-state index in [0.29, 0.717) is 6.54 Å². The molecule has 0 aliphatic rings. The van der Waals surface area contributed by atoms with Gasteiger partial charge in [-0.15, -0.1) is 0 Å². The van der Waals surface area contributed by atoms with Gasteiger partial charge in [0.25, 0.3) is 0 Å². The third-order valence-corrected chi connectivity index (χ3v) is 3.90. The van der Waals surface area contributed by atoms with Crippen LogP contribution in [-0.2, 0) is 18.4 Å². The van der Waals surface area contributed by atoms with Crippen LogP contribution >= 0.6 is 0 Å². The fraction of sp³-hybridized carbons (Fsp3) is 0.333. The molecule has 0 saturated carbocycles. The first-order valence-electron chi connectivity index (χ1n) is 7.75. The maximum atomic E-state index is 12.3. The van der Waals surface area contributed by atoms with Crippen molar-refractivity contribution in [2.75, 3.05) is 7.05 Å². The number of aromatic nitrogens is 2. The minimum absolute atomic E-state index is 0.0927. The zero-order chi connectivity index (χ0) is 18.6. The summed E-state index contributed by atoms with van der Waals surface area (Å²) >= 11 is 0. The number of rotatable bonds is 6. The van der Waals surface area contributed by atoms with Gasteiger partial charge >= 0.3 is 6.61 Å². The van der Waals surface area contributed by atoms with Gasteiger partial charge in [0.05, 0.1) is 5.69 Å². The van der Waals surface area contributed by atoms with E-state index >= 15 is 0 Å². The molecule has 0 N–H and O–H groups in total. The van der Waals surface area contributed by atoms with E-state index in [1.54, 1.807) is 34.8 Å². The molecule has 134 valence electrons. The summed E-state index contributed by atoms with van der Waals surface area (Å²) in [6.07, 6.45) is 3.27. The third-order valence-electron chi connectivity index (χ3n) is 3.90. The predicted octanol–water partition coefficient (Wildman–Crippen LogP) is 3.31. The van der Waals surface area contributed by atoms with E-state index in [0.717, 1.165) is 22.5 Å². The molecule has 0 fully saturated rings. The molecule has 0 aliphatic carbocycles. The van der Waals surface area contributed by atoms with E-state index in [-0.39, 0.29) is 11.7 Å². The Morgan fingerprint density at radius 3 is 2.48 bits per heavy atom. The average molecular weight is 349 g/mol. The molecule has 0 atom stereocenters. The first-order valence-corrected chi connectivity index (χ1v) is 7.75. The van der Waals surface area contributed by atoms with Crippen molar-refractivity contribution in [1.29, 1.82) is 0 Å². The summed E-state index contributed by atoms with van der Waals surface area (Å²) in [6, 6.07) is 6.22. The minimum atomic E-state index is -2.85. The quantitative estimate of drug-likeness (QED) is 0.752. The highest BCUT2D eigenvalue weighted by Crippen LogP contribution is 2.16. The molecule has 2 aromatic rings. The fourth-order valence-corrected chi connectivity index (χ4v) is 2.44. The van der Waals surface area contributed by atoms with Gasteiger partial charge in [-0.3, -0.25) is 9.48 Å². The summed E-state index contributed by atoms with van der Waals surface area (Å²) in [6.45, 7) is 1.35. The second-order valence-electron chi connectivity index (χ2n) is 5.76. The smallest absolute Gasteiger partial charge is 0.387 e. The van der Waals surface area contributed by atoms with Crippen LogP contribution in [0, 0.1) is 13.8 Å². The summed E-state index contributed by atoms with van der Waals surface area (Å²) in [5.74, 6) is -0.0642. The summed E-state index contributed by atoms with van der Waals surface area (Å²) in [5, 5.41) is 4.31. The van der Waals surface area contributed by atoms with Crippen LogP contribution in [0.15, 0.2) is 30.3 Å². The molecule has 0 saturated heterocycles. The number of likely N-dealkylation sites (N-methyl/N-ethyl adjacent to an activating group) is 1. The molecule has 0 bridgehead atoms. The lowest BCUT2D eigenvalue weighted by Crippen LogP contribution is -2.24. The van der Waals surface area contributed by atoms with Gasteiger partial charge in [0.1, 0.15) is 5.75 Å². The number of benzene rings is 1. The van der Waals surface area contributed by atoms with Crippen LogP contribution in [0.5, 0.6) is 5.75 Å². The van der Waals surface area contributed by atoms with Gasteiger partial charge in [-0.25, -0.2) is 0 Å².